The zero-order chi connectivity index (χ0) is 18.4. The third-order valence-electron chi connectivity index (χ3n) is 5.31. The molecule has 0 fully saturated rings. The molecule has 0 aliphatic carbocycles. The van der Waals surface area contributed by atoms with Crippen LogP contribution in [0, 0.1) is 13.8 Å². The van der Waals surface area contributed by atoms with Crippen LogP contribution in [0.1, 0.15) is 11.1 Å². The van der Waals surface area contributed by atoms with Gasteiger partial charge in [-0.25, -0.2) is 0 Å². The van der Waals surface area contributed by atoms with Crippen molar-refractivity contribution in [1.82, 2.24) is 4.57 Å². The van der Waals surface area contributed by atoms with E-state index in [4.69, 9.17) is 0 Å². The van der Waals surface area contributed by atoms with Crippen LogP contribution in [-0.4, -0.2) is 4.57 Å². The van der Waals surface area contributed by atoms with Gasteiger partial charge in [-0.2, -0.15) is 0 Å². The van der Waals surface area contributed by atoms with Crippen molar-refractivity contribution in [1.29, 1.82) is 0 Å². The molecule has 0 atom stereocenters. The zero-order valence-corrected chi connectivity index (χ0v) is 15.6. The second kappa shape index (κ2) is 6.14. The highest BCUT2D eigenvalue weighted by Gasteiger charge is 2.15. The highest BCUT2D eigenvalue weighted by atomic mass is 15.0. The average Bonchev–Trinajstić information content (AvgIpc) is 3.01. The summed E-state index contributed by atoms with van der Waals surface area (Å²) >= 11 is 0. The van der Waals surface area contributed by atoms with Crippen molar-refractivity contribution in [2.24, 2.45) is 0 Å². The van der Waals surface area contributed by atoms with Crippen LogP contribution in [0.4, 0.5) is 0 Å². The van der Waals surface area contributed by atoms with Crippen molar-refractivity contribution in [2.75, 3.05) is 0 Å². The summed E-state index contributed by atoms with van der Waals surface area (Å²) in [5.41, 5.74) is 8.79. The molecule has 0 amide bonds. The van der Waals surface area contributed by atoms with Crippen LogP contribution < -0.4 is 0 Å². The van der Waals surface area contributed by atoms with Gasteiger partial charge in [-0.15, -0.1) is 0 Å². The van der Waals surface area contributed by atoms with E-state index in [0.29, 0.717) is 0 Å². The van der Waals surface area contributed by atoms with Crippen LogP contribution in [0.5, 0.6) is 0 Å². The number of rotatable bonds is 2. The van der Waals surface area contributed by atoms with Gasteiger partial charge in [0.05, 0.1) is 16.7 Å². The summed E-state index contributed by atoms with van der Waals surface area (Å²) in [4.78, 5) is 0. The van der Waals surface area contributed by atoms with Gasteiger partial charge < -0.3 is 4.57 Å². The van der Waals surface area contributed by atoms with E-state index in [1.807, 2.05) is 0 Å². The lowest BCUT2D eigenvalue weighted by atomic mass is 10.0. The minimum absolute atomic E-state index is 1.22. The minimum atomic E-state index is 1.22. The van der Waals surface area contributed by atoms with Gasteiger partial charge in [0.15, 0.2) is 0 Å². The van der Waals surface area contributed by atoms with E-state index in [1.54, 1.807) is 0 Å². The third kappa shape index (κ3) is 2.55. The predicted octanol–water partition coefficient (Wildman–Crippen LogP) is 7.07. The Bertz CT molecular complexity index is 1280. The quantitative estimate of drug-likeness (QED) is 0.322. The maximum atomic E-state index is 2.42. The summed E-state index contributed by atoms with van der Waals surface area (Å²) in [5, 5.41) is 2.62. The van der Waals surface area contributed by atoms with E-state index in [2.05, 4.69) is 109 Å². The van der Waals surface area contributed by atoms with Gasteiger partial charge in [0.25, 0.3) is 0 Å². The summed E-state index contributed by atoms with van der Waals surface area (Å²) in [6, 6.07) is 32.8. The third-order valence-corrected chi connectivity index (χ3v) is 5.31. The van der Waals surface area contributed by atoms with Crippen molar-refractivity contribution in [2.45, 2.75) is 13.8 Å². The van der Waals surface area contributed by atoms with Gasteiger partial charge in [0.1, 0.15) is 0 Å². The van der Waals surface area contributed by atoms with E-state index in [0.717, 1.165) is 0 Å². The Morgan fingerprint density at radius 3 is 2.11 bits per heavy atom. The lowest BCUT2D eigenvalue weighted by Gasteiger charge is -2.14. The first-order chi connectivity index (χ1) is 13.2. The number of hydrogen-bond donors (Lipinski definition) is 0. The number of benzene rings is 4. The Hall–Kier alpha value is -3.32. The Labute approximate surface area is 159 Å². The van der Waals surface area contributed by atoms with E-state index < -0.39 is 0 Å². The molecule has 0 radical (unpaired) electrons. The van der Waals surface area contributed by atoms with Crippen molar-refractivity contribution in [3.63, 3.8) is 0 Å². The molecule has 0 bridgehead atoms. The number of nitrogens with zero attached hydrogens (tertiary/aromatic N) is 1. The number of para-hydroxylation sites is 1. The summed E-state index contributed by atoms with van der Waals surface area (Å²) in [7, 11) is 0. The molecule has 1 heterocycles. The van der Waals surface area contributed by atoms with E-state index in [1.165, 1.54) is 49.7 Å². The molecule has 0 aliphatic rings. The molecule has 0 spiro atoms. The molecule has 1 nitrogen and oxygen atoms in total. The van der Waals surface area contributed by atoms with E-state index in [-0.39, 0.29) is 0 Å². The van der Waals surface area contributed by atoms with Gasteiger partial charge in [-0.05, 0) is 49.2 Å². The molecule has 0 unspecified atom stereocenters. The first-order valence-corrected chi connectivity index (χ1v) is 9.38. The molecule has 1 heteroatoms. The number of aryl methyl sites for hydroxylation is 2. The van der Waals surface area contributed by atoms with Crippen molar-refractivity contribution in [3.8, 4) is 16.8 Å². The van der Waals surface area contributed by atoms with Crippen molar-refractivity contribution < 1.29 is 0 Å². The van der Waals surface area contributed by atoms with E-state index in [9.17, 15) is 0 Å². The monoisotopic (exact) mass is 347 g/mol. The van der Waals surface area contributed by atoms with Crippen LogP contribution in [0.2, 0.25) is 0 Å². The fourth-order valence-electron chi connectivity index (χ4n) is 4.03. The second-order valence-electron chi connectivity index (χ2n) is 7.26. The van der Waals surface area contributed by atoms with Crippen LogP contribution in [0.15, 0.2) is 91.0 Å². The fourth-order valence-corrected chi connectivity index (χ4v) is 4.03. The topological polar surface area (TPSA) is 4.93 Å². The Kier molecular flexibility index (Phi) is 3.61. The standard InChI is InChI=1S/C26H21N/c1-18-13-15-25-23(16-18)22-14-12-19(2)17-26(22)27(25)24-11-7-6-10-21(24)20-8-4-3-5-9-20/h3-17H,1-2H3. The smallest absolute Gasteiger partial charge is 0.0543 e. The van der Waals surface area contributed by atoms with Crippen LogP contribution in [0.25, 0.3) is 38.6 Å². The second-order valence-corrected chi connectivity index (χ2v) is 7.26. The Morgan fingerprint density at radius 1 is 0.556 bits per heavy atom. The SMILES string of the molecule is Cc1ccc2c(c1)c1ccc(C)cc1n2-c1ccccc1-c1ccccc1. The number of aromatic nitrogens is 1. The highest BCUT2D eigenvalue weighted by molar-refractivity contribution is 6.10. The molecule has 0 saturated heterocycles. The van der Waals surface area contributed by atoms with Crippen molar-refractivity contribution in [3.05, 3.63) is 102 Å². The van der Waals surface area contributed by atoms with Crippen LogP contribution in [-0.2, 0) is 0 Å². The summed E-state index contributed by atoms with van der Waals surface area (Å²) < 4.78 is 2.42. The van der Waals surface area contributed by atoms with E-state index >= 15 is 0 Å². The molecule has 5 rings (SSSR count). The van der Waals surface area contributed by atoms with Crippen LogP contribution in [0.3, 0.4) is 0 Å². The van der Waals surface area contributed by atoms with Gasteiger partial charge in [-0.3, -0.25) is 0 Å². The first-order valence-electron chi connectivity index (χ1n) is 9.38. The molecule has 5 aromatic rings. The largest absolute Gasteiger partial charge is 0.309 e. The highest BCUT2D eigenvalue weighted by Crippen LogP contribution is 2.36. The van der Waals surface area contributed by atoms with Gasteiger partial charge >= 0.3 is 0 Å². The normalized spacial score (nSPS) is 11.3. The number of fused-ring (bicyclic) bond motifs is 3. The maximum Gasteiger partial charge on any atom is 0.0543 e. The lowest BCUT2D eigenvalue weighted by Crippen LogP contribution is -1.97. The molecular formula is C26H21N. The zero-order valence-electron chi connectivity index (χ0n) is 15.6. The molecule has 1 aromatic heterocycles. The maximum absolute atomic E-state index is 2.42. The number of hydrogen-bond acceptors (Lipinski definition) is 0. The van der Waals surface area contributed by atoms with Gasteiger partial charge in [-0.1, -0.05) is 72.3 Å². The first kappa shape index (κ1) is 15.9. The molecule has 0 saturated carbocycles. The molecular weight excluding hydrogens is 326 g/mol. The Morgan fingerprint density at radius 2 is 1.26 bits per heavy atom. The lowest BCUT2D eigenvalue weighted by molar-refractivity contribution is 1.18. The molecule has 4 aromatic carbocycles. The Balaban J connectivity index is 1.93. The van der Waals surface area contributed by atoms with Gasteiger partial charge in [0.2, 0.25) is 0 Å². The van der Waals surface area contributed by atoms with Crippen LogP contribution >= 0.6 is 0 Å². The summed E-state index contributed by atoms with van der Waals surface area (Å²) in [5.74, 6) is 0. The molecule has 130 valence electrons. The summed E-state index contributed by atoms with van der Waals surface area (Å²) in [6.07, 6.45) is 0. The molecule has 0 N–H and O–H groups in total. The fraction of sp³-hybridized carbons (Fsp3) is 0.0769. The molecule has 27 heavy (non-hydrogen) atoms. The molecule has 0 aliphatic heterocycles. The average molecular weight is 347 g/mol. The van der Waals surface area contributed by atoms with Crippen molar-refractivity contribution >= 4 is 21.8 Å². The van der Waals surface area contributed by atoms with Gasteiger partial charge in [0, 0.05) is 16.3 Å². The predicted molar refractivity (Wildman–Crippen MR) is 116 cm³/mol. The summed E-state index contributed by atoms with van der Waals surface area (Å²) in [6.45, 7) is 4.32. The minimum Gasteiger partial charge on any atom is -0.309 e.